The van der Waals surface area contributed by atoms with Gasteiger partial charge in [-0.15, -0.1) is 0 Å². The Morgan fingerprint density at radius 1 is 1.23 bits per heavy atom. The number of anilines is 1. The Kier molecular flexibility index (Phi) is 5.58. The SMILES string of the molecule is Cc1cc(NC(=O)c2c(C)c(C(=O)C(=O)C3CCC(F)(F)C3)n(C)c2C)cnc1F. The van der Waals surface area contributed by atoms with Gasteiger partial charge in [0.25, 0.3) is 5.91 Å². The van der Waals surface area contributed by atoms with Crippen LogP contribution in [0, 0.1) is 32.6 Å². The molecule has 160 valence electrons. The topological polar surface area (TPSA) is 81.1 Å². The number of carbonyl (C=O) groups is 3. The summed E-state index contributed by atoms with van der Waals surface area (Å²) in [4.78, 5) is 41.7. The summed E-state index contributed by atoms with van der Waals surface area (Å²) < 4.78 is 41.7. The minimum Gasteiger partial charge on any atom is -0.344 e. The lowest BCUT2D eigenvalue weighted by atomic mass is 9.95. The Bertz CT molecular complexity index is 1060. The molecule has 2 aromatic rings. The van der Waals surface area contributed by atoms with E-state index in [2.05, 4.69) is 10.3 Å². The zero-order valence-corrected chi connectivity index (χ0v) is 17.1. The molecule has 6 nitrogen and oxygen atoms in total. The highest BCUT2D eigenvalue weighted by Crippen LogP contribution is 2.39. The van der Waals surface area contributed by atoms with Crippen molar-refractivity contribution < 1.29 is 27.6 Å². The Labute approximate surface area is 171 Å². The van der Waals surface area contributed by atoms with Gasteiger partial charge in [0.05, 0.1) is 23.1 Å². The fraction of sp³-hybridized carbons (Fsp3) is 0.429. The van der Waals surface area contributed by atoms with Crippen molar-refractivity contribution in [1.82, 2.24) is 9.55 Å². The molecule has 0 aliphatic heterocycles. The number of aryl methyl sites for hydroxylation is 1. The van der Waals surface area contributed by atoms with E-state index in [9.17, 15) is 27.6 Å². The van der Waals surface area contributed by atoms with Crippen LogP contribution in [0.15, 0.2) is 12.3 Å². The molecule has 1 fully saturated rings. The lowest BCUT2D eigenvalue weighted by Gasteiger charge is -2.10. The maximum absolute atomic E-state index is 13.5. The number of Topliss-reactive ketones (excluding diaryl/α,β-unsaturated/α-hetero) is 2. The fourth-order valence-corrected chi connectivity index (χ4v) is 3.93. The monoisotopic (exact) mass is 421 g/mol. The van der Waals surface area contributed by atoms with Crippen molar-refractivity contribution in [2.45, 2.75) is 46.0 Å². The van der Waals surface area contributed by atoms with Crippen molar-refractivity contribution in [3.05, 3.63) is 46.3 Å². The minimum atomic E-state index is -2.94. The summed E-state index contributed by atoms with van der Waals surface area (Å²) >= 11 is 0. The molecule has 30 heavy (non-hydrogen) atoms. The molecule has 1 atom stereocenters. The van der Waals surface area contributed by atoms with Gasteiger partial charge in [-0.1, -0.05) is 0 Å². The molecule has 1 unspecified atom stereocenters. The van der Waals surface area contributed by atoms with E-state index in [1.165, 1.54) is 37.7 Å². The highest BCUT2D eigenvalue weighted by atomic mass is 19.3. The Morgan fingerprint density at radius 3 is 2.47 bits per heavy atom. The largest absolute Gasteiger partial charge is 0.344 e. The van der Waals surface area contributed by atoms with Gasteiger partial charge in [0, 0.05) is 37.1 Å². The van der Waals surface area contributed by atoms with Crippen LogP contribution in [0.3, 0.4) is 0 Å². The molecule has 0 aromatic carbocycles. The van der Waals surface area contributed by atoms with Crippen molar-refractivity contribution in [3.63, 3.8) is 0 Å². The Morgan fingerprint density at radius 2 is 1.90 bits per heavy atom. The van der Waals surface area contributed by atoms with Crippen LogP contribution in [0.4, 0.5) is 18.9 Å². The number of halogens is 3. The average Bonchev–Trinajstić information content (AvgIpc) is 3.13. The third kappa shape index (κ3) is 3.88. The van der Waals surface area contributed by atoms with Crippen molar-refractivity contribution in [2.24, 2.45) is 13.0 Å². The van der Waals surface area contributed by atoms with Crippen LogP contribution in [0.25, 0.3) is 0 Å². The number of hydrogen-bond donors (Lipinski definition) is 1. The molecule has 1 aliphatic rings. The van der Waals surface area contributed by atoms with Crippen LogP contribution in [-0.2, 0) is 11.8 Å². The molecule has 0 saturated heterocycles. The summed E-state index contributed by atoms with van der Waals surface area (Å²) in [6.07, 6.45) is 0.0822. The first-order chi connectivity index (χ1) is 13.9. The highest BCUT2D eigenvalue weighted by molar-refractivity contribution is 6.44. The Hall–Kier alpha value is -2.97. The number of pyridine rings is 1. The second kappa shape index (κ2) is 7.70. The van der Waals surface area contributed by atoms with Crippen LogP contribution in [0.5, 0.6) is 0 Å². The predicted molar refractivity (Wildman–Crippen MR) is 103 cm³/mol. The first kappa shape index (κ1) is 21.7. The third-order valence-electron chi connectivity index (χ3n) is 5.64. The second-order valence-corrected chi connectivity index (χ2v) is 7.77. The van der Waals surface area contributed by atoms with Crippen LogP contribution in [-0.4, -0.2) is 32.9 Å². The fourth-order valence-electron chi connectivity index (χ4n) is 3.93. The molecular formula is C21H22F3N3O3. The van der Waals surface area contributed by atoms with Crippen LogP contribution >= 0.6 is 0 Å². The molecule has 0 bridgehead atoms. The van der Waals surface area contributed by atoms with E-state index in [0.29, 0.717) is 5.69 Å². The van der Waals surface area contributed by atoms with E-state index < -0.39 is 48.1 Å². The van der Waals surface area contributed by atoms with E-state index in [0.717, 1.165) is 0 Å². The molecule has 1 amide bonds. The predicted octanol–water partition coefficient (Wildman–Crippen LogP) is 3.92. The lowest BCUT2D eigenvalue weighted by Crippen LogP contribution is -2.26. The first-order valence-corrected chi connectivity index (χ1v) is 9.48. The van der Waals surface area contributed by atoms with E-state index >= 15 is 0 Å². The molecule has 0 radical (unpaired) electrons. The summed E-state index contributed by atoms with van der Waals surface area (Å²) in [6, 6.07) is 1.42. The maximum atomic E-state index is 13.5. The number of amides is 1. The summed E-state index contributed by atoms with van der Waals surface area (Å²) in [7, 11) is 1.53. The van der Waals surface area contributed by atoms with Gasteiger partial charge in [0.1, 0.15) is 0 Å². The summed E-state index contributed by atoms with van der Waals surface area (Å²) in [5.74, 6) is -6.89. The van der Waals surface area contributed by atoms with Gasteiger partial charge in [-0.3, -0.25) is 14.4 Å². The van der Waals surface area contributed by atoms with Crippen molar-refractivity contribution in [3.8, 4) is 0 Å². The quantitative estimate of drug-likeness (QED) is 0.451. The molecule has 2 aromatic heterocycles. The molecule has 1 N–H and O–H groups in total. The summed E-state index contributed by atoms with van der Waals surface area (Å²) in [5.41, 5.74) is 1.44. The molecular weight excluding hydrogens is 399 g/mol. The second-order valence-electron chi connectivity index (χ2n) is 7.77. The summed E-state index contributed by atoms with van der Waals surface area (Å²) in [5, 5.41) is 2.61. The zero-order valence-electron chi connectivity index (χ0n) is 17.1. The molecule has 1 saturated carbocycles. The van der Waals surface area contributed by atoms with Gasteiger partial charge in [0.15, 0.2) is 0 Å². The molecule has 0 spiro atoms. The van der Waals surface area contributed by atoms with Crippen molar-refractivity contribution in [2.75, 3.05) is 5.32 Å². The normalized spacial score (nSPS) is 17.8. The van der Waals surface area contributed by atoms with Gasteiger partial charge in [0.2, 0.25) is 23.4 Å². The zero-order chi connectivity index (χ0) is 22.4. The van der Waals surface area contributed by atoms with E-state index in [1.807, 2.05) is 0 Å². The van der Waals surface area contributed by atoms with E-state index in [4.69, 9.17) is 0 Å². The molecule has 1 aliphatic carbocycles. The van der Waals surface area contributed by atoms with Gasteiger partial charge in [-0.2, -0.15) is 4.39 Å². The van der Waals surface area contributed by atoms with Crippen LogP contribution in [0.2, 0.25) is 0 Å². The number of hydrogen-bond acceptors (Lipinski definition) is 4. The standard InChI is InChI=1S/C21H22F3N3O3/c1-10-7-14(9-25-19(10)22)26-20(30)15-11(2)16(27(4)12(15)3)18(29)17(28)13-5-6-21(23,24)8-13/h7,9,13H,5-6,8H2,1-4H3,(H,26,30). The number of nitrogens with one attached hydrogen (secondary N) is 1. The van der Waals surface area contributed by atoms with Gasteiger partial charge in [-0.05, 0) is 38.8 Å². The third-order valence-corrected chi connectivity index (χ3v) is 5.64. The number of nitrogens with zero attached hydrogens (tertiary/aromatic N) is 2. The first-order valence-electron chi connectivity index (χ1n) is 9.48. The highest BCUT2D eigenvalue weighted by Gasteiger charge is 2.44. The van der Waals surface area contributed by atoms with Crippen LogP contribution < -0.4 is 5.32 Å². The van der Waals surface area contributed by atoms with Crippen LogP contribution in [0.1, 0.15) is 56.9 Å². The van der Waals surface area contributed by atoms with E-state index in [-0.39, 0.29) is 34.5 Å². The number of ketones is 2. The van der Waals surface area contributed by atoms with Gasteiger partial charge in [-0.25, -0.2) is 13.8 Å². The number of rotatable bonds is 5. The van der Waals surface area contributed by atoms with Gasteiger partial charge < -0.3 is 9.88 Å². The minimum absolute atomic E-state index is 0.00581. The van der Waals surface area contributed by atoms with E-state index in [1.54, 1.807) is 6.92 Å². The van der Waals surface area contributed by atoms with Crippen molar-refractivity contribution in [1.29, 1.82) is 0 Å². The smallest absolute Gasteiger partial charge is 0.257 e. The maximum Gasteiger partial charge on any atom is 0.257 e. The van der Waals surface area contributed by atoms with Crippen molar-refractivity contribution >= 4 is 23.2 Å². The molecule has 2 heterocycles. The Balaban J connectivity index is 1.89. The number of aromatic nitrogens is 2. The van der Waals surface area contributed by atoms with Gasteiger partial charge >= 0.3 is 0 Å². The average molecular weight is 421 g/mol. The number of alkyl halides is 2. The molecule has 9 heteroatoms. The molecule has 3 rings (SSSR count). The summed E-state index contributed by atoms with van der Waals surface area (Å²) in [6.45, 7) is 4.65. The number of carbonyl (C=O) groups excluding carboxylic acids is 3. The lowest BCUT2D eigenvalue weighted by molar-refractivity contribution is -0.119.